The van der Waals surface area contributed by atoms with Gasteiger partial charge in [0.25, 0.3) is 0 Å². The Kier molecular flexibility index (Phi) is 6.25. The van der Waals surface area contributed by atoms with E-state index in [4.69, 9.17) is 0 Å². The molecule has 0 bridgehead atoms. The zero-order valence-electron chi connectivity index (χ0n) is 14.7. The standard InChI is InChI=1S/C15H22O3.Ba.2H/c1-14(2,3)10-7-9(13(17)18)8-11(12(10)16)15(4,5)6;;;/h7-8,16H,1-6H3,(H,17,18);;;/q;+2;2*-1. The van der Waals surface area contributed by atoms with E-state index < -0.39 is 5.97 Å². The monoisotopic (exact) mass is 390 g/mol. The molecule has 0 saturated carbocycles. The molecule has 0 spiro atoms. The van der Waals surface area contributed by atoms with Crippen molar-refractivity contribution in [1.82, 2.24) is 0 Å². The summed E-state index contributed by atoms with van der Waals surface area (Å²) in [6.07, 6.45) is 0. The zero-order valence-corrected chi connectivity index (χ0v) is 17.1. The van der Waals surface area contributed by atoms with Gasteiger partial charge in [-0.05, 0) is 23.0 Å². The van der Waals surface area contributed by atoms with Crippen LogP contribution in [0.4, 0.5) is 0 Å². The minimum atomic E-state index is -0.967. The number of aromatic carboxylic acids is 1. The van der Waals surface area contributed by atoms with Crippen molar-refractivity contribution < 1.29 is 17.9 Å². The van der Waals surface area contributed by atoms with Gasteiger partial charge in [-0.2, -0.15) is 0 Å². The van der Waals surface area contributed by atoms with Crippen LogP contribution >= 0.6 is 0 Å². The van der Waals surface area contributed by atoms with Gasteiger partial charge in [0.05, 0.1) is 5.56 Å². The van der Waals surface area contributed by atoms with Crippen molar-refractivity contribution in [3.63, 3.8) is 0 Å². The number of hydrogen-bond acceptors (Lipinski definition) is 2. The Bertz CT molecular complexity index is 454. The largest absolute Gasteiger partial charge is 2.00 e. The first-order valence-corrected chi connectivity index (χ1v) is 6.06. The molecule has 0 aliphatic rings. The summed E-state index contributed by atoms with van der Waals surface area (Å²) in [6.45, 7) is 11.8. The minimum Gasteiger partial charge on any atom is -1.00 e. The minimum absolute atomic E-state index is 0. The normalized spacial score (nSPS) is 11.9. The summed E-state index contributed by atoms with van der Waals surface area (Å²) in [5.41, 5.74) is 0.979. The van der Waals surface area contributed by atoms with E-state index in [0.717, 1.165) is 0 Å². The summed E-state index contributed by atoms with van der Waals surface area (Å²) in [5, 5.41) is 19.5. The van der Waals surface area contributed by atoms with Crippen LogP contribution in [0.2, 0.25) is 0 Å². The Morgan fingerprint density at radius 2 is 1.32 bits per heavy atom. The molecule has 2 N–H and O–H groups in total. The van der Waals surface area contributed by atoms with E-state index in [1.807, 2.05) is 41.5 Å². The first-order chi connectivity index (χ1) is 7.94. The van der Waals surface area contributed by atoms with E-state index >= 15 is 0 Å². The van der Waals surface area contributed by atoms with Gasteiger partial charge in [-0.1, -0.05) is 41.5 Å². The van der Waals surface area contributed by atoms with Crippen LogP contribution < -0.4 is 0 Å². The first-order valence-electron chi connectivity index (χ1n) is 6.06. The second-order valence-corrected chi connectivity index (χ2v) is 6.73. The molecule has 0 radical (unpaired) electrons. The van der Waals surface area contributed by atoms with E-state index in [-0.39, 0.29) is 73.9 Å². The van der Waals surface area contributed by atoms with Gasteiger partial charge in [0.1, 0.15) is 5.75 Å². The average molecular weight is 390 g/mol. The van der Waals surface area contributed by atoms with Crippen LogP contribution in [-0.2, 0) is 10.8 Å². The van der Waals surface area contributed by atoms with E-state index in [1.165, 1.54) is 0 Å². The van der Waals surface area contributed by atoms with Crippen molar-refractivity contribution in [2.75, 3.05) is 0 Å². The van der Waals surface area contributed by atoms with Crippen molar-refractivity contribution in [3.05, 3.63) is 28.8 Å². The first kappa shape index (κ1) is 19.1. The molecule has 0 aromatic heterocycles. The fourth-order valence-corrected chi connectivity index (χ4v) is 1.90. The maximum absolute atomic E-state index is 11.2. The molecule has 19 heavy (non-hydrogen) atoms. The maximum atomic E-state index is 11.2. The molecule has 0 heterocycles. The van der Waals surface area contributed by atoms with Crippen molar-refractivity contribution in [1.29, 1.82) is 0 Å². The van der Waals surface area contributed by atoms with Crippen molar-refractivity contribution >= 4 is 54.9 Å². The molecule has 1 aromatic carbocycles. The molecule has 104 valence electrons. The molecular weight excluding hydrogens is 365 g/mol. The molecule has 0 amide bonds. The molecule has 0 saturated heterocycles. The Morgan fingerprint density at radius 1 is 1.00 bits per heavy atom. The molecule has 0 fully saturated rings. The number of carboxylic acid groups (broad SMARTS) is 1. The third-order valence-corrected chi connectivity index (χ3v) is 2.97. The van der Waals surface area contributed by atoms with Crippen LogP contribution in [-0.4, -0.2) is 65.1 Å². The zero-order chi connectivity index (χ0) is 14.3. The van der Waals surface area contributed by atoms with Crippen LogP contribution in [0.15, 0.2) is 12.1 Å². The number of carboxylic acids is 1. The Morgan fingerprint density at radius 3 is 1.53 bits per heavy atom. The topological polar surface area (TPSA) is 57.5 Å². The molecule has 0 unspecified atom stereocenters. The maximum Gasteiger partial charge on any atom is 2.00 e. The van der Waals surface area contributed by atoms with E-state index in [1.54, 1.807) is 12.1 Å². The fourth-order valence-electron chi connectivity index (χ4n) is 1.90. The fraction of sp³-hybridized carbons (Fsp3) is 0.533. The SMILES string of the molecule is CC(C)(C)c1cc(C(=O)O)cc(C(C)(C)C)c1O.[Ba+2].[H-].[H-]. The smallest absolute Gasteiger partial charge is 1.00 e. The summed E-state index contributed by atoms with van der Waals surface area (Å²) in [7, 11) is 0. The summed E-state index contributed by atoms with van der Waals surface area (Å²) in [6, 6.07) is 3.12. The Hall–Kier alpha value is 0.0614. The third kappa shape index (κ3) is 4.53. The van der Waals surface area contributed by atoms with Gasteiger partial charge in [0, 0.05) is 11.1 Å². The summed E-state index contributed by atoms with van der Waals surface area (Å²) >= 11 is 0. The molecule has 1 rings (SSSR count). The molecular formula is C15H24BaO3. The van der Waals surface area contributed by atoms with E-state index in [2.05, 4.69) is 0 Å². The Balaban J connectivity index is -0.00000108. The van der Waals surface area contributed by atoms with Gasteiger partial charge in [-0.25, -0.2) is 4.79 Å². The third-order valence-electron chi connectivity index (χ3n) is 2.97. The van der Waals surface area contributed by atoms with E-state index in [9.17, 15) is 15.0 Å². The molecule has 1 aromatic rings. The molecule has 0 aliphatic carbocycles. The van der Waals surface area contributed by atoms with Gasteiger partial charge in [-0.3, -0.25) is 0 Å². The summed E-state index contributed by atoms with van der Waals surface area (Å²) in [4.78, 5) is 11.2. The molecule has 4 heteroatoms. The molecule has 3 nitrogen and oxygen atoms in total. The number of rotatable bonds is 1. The number of carbonyl (C=O) groups is 1. The molecule has 0 atom stereocenters. The van der Waals surface area contributed by atoms with Crippen molar-refractivity contribution in [2.45, 2.75) is 52.4 Å². The van der Waals surface area contributed by atoms with Gasteiger partial charge in [-0.15, -0.1) is 0 Å². The predicted molar refractivity (Wildman–Crippen MR) is 80.4 cm³/mol. The van der Waals surface area contributed by atoms with Crippen molar-refractivity contribution in [3.8, 4) is 5.75 Å². The van der Waals surface area contributed by atoms with Crippen LogP contribution in [0.25, 0.3) is 0 Å². The number of benzene rings is 1. The van der Waals surface area contributed by atoms with Crippen LogP contribution in [0.3, 0.4) is 0 Å². The summed E-state index contributed by atoms with van der Waals surface area (Å²) in [5.74, 6) is -0.758. The van der Waals surface area contributed by atoms with Gasteiger partial charge in [0.2, 0.25) is 0 Å². The number of phenols is 1. The second-order valence-electron chi connectivity index (χ2n) is 6.73. The van der Waals surface area contributed by atoms with E-state index in [0.29, 0.717) is 11.1 Å². The van der Waals surface area contributed by atoms with Gasteiger partial charge >= 0.3 is 54.9 Å². The van der Waals surface area contributed by atoms with Crippen molar-refractivity contribution in [2.24, 2.45) is 0 Å². The van der Waals surface area contributed by atoms with Crippen LogP contribution in [0.1, 0.15) is 65.9 Å². The average Bonchev–Trinajstić information content (AvgIpc) is 2.13. The molecule has 0 aliphatic heterocycles. The van der Waals surface area contributed by atoms with Crippen LogP contribution in [0, 0.1) is 0 Å². The van der Waals surface area contributed by atoms with Gasteiger partial charge < -0.3 is 13.1 Å². The number of phenolic OH excluding ortho intramolecular Hbond substituents is 1. The second kappa shape index (κ2) is 6.23. The quantitative estimate of drug-likeness (QED) is 0.723. The van der Waals surface area contributed by atoms with Crippen LogP contribution in [0.5, 0.6) is 5.75 Å². The summed E-state index contributed by atoms with van der Waals surface area (Å²) < 4.78 is 0. The number of hydrogen-bond donors (Lipinski definition) is 2. The predicted octanol–water partition coefficient (Wildman–Crippen LogP) is 3.53. The Labute approximate surface area is 158 Å². The van der Waals surface area contributed by atoms with Gasteiger partial charge in [0.15, 0.2) is 0 Å². The number of aromatic hydroxyl groups is 1.